The van der Waals surface area contributed by atoms with Crippen molar-refractivity contribution in [3.05, 3.63) is 0 Å². The van der Waals surface area contributed by atoms with E-state index in [0.29, 0.717) is 32.6 Å². The lowest BCUT2D eigenvalue weighted by atomic mass is 9.96. The van der Waals surface area contributed by atoms with Gasteiger partial charge in [0.25, 0.3) is 0 Å². The SMILES string of the molecule is CCC(C)[C@H](N1CCNCC1)C(F)(F)F.Cl.Cl. The molecule has 0 bridgehead atoms. The van der Waals surface area contributed by atoms with Crippen molar-refractivity contribution >= 4 is 24.8 Å². The van der Waals surface area contributed by atoms with Crippen LogP contribution in [0.1, 0.15) is 20.3 Å². The Labute approximate surface area is 113 Å². The summed E-state index contributed by atoms with van der Waals surface area (Å²) in [7, 11) is 0. The van der Waals surface area contributed by atoms with Crippen LogP contribution in [-0.2, 0) is 0 Å². The van der Waals surface area contributed by atoms with E-state index in [9.17, 15) is 13.2 Å². The second-order valence-electron chi connectivity index (χ2n) is 4.16. The van der Waals surface area contributed by atoms with Gasteiger partial charge in [0, 0.05) is 26.2 Å². The van der Waals surface area contributed by atoms with E-state index in [-0.39, 0.29) is 30.7 Å². The van der Waals surface area contributed by atoms with Crippen LogP contribution in [0.2, 0.25) is 0 Å². The van der Waals surface area contributed by atoms with Gasteiger partial charge in [0.1, 0.15) is 6.04 Å². The molecule has 1 N–H and O–H groups in total. The molecule has 0 radical (unpaired) electrons. The zero-order chi connectivity index (χ0) is 11.5. The third-order valence-corrected chi connectivity index (χ3v) is 3.06. The first-order valence-corrected chi connectivity index (χ1v) is 5.48. The maximum Gasteiger partial charge on any atom is 0.404 e. The monoisotopic (exact) mass is 296 g/mol. The minimum absolute atomic E-state index is 0. The van der Waals surface area contributed by atoms with E-state index in [1.165, 1.54) is 0 Å². The maximum atomic E-state index is 12.9. The van der Waals surface area contributed by atoms with E-state index in [2.05, 4.69) is 5.32 Å². The summed E-state index contributed by atoms with van der Waals surface area (Å²) in [5.41, 5.74) is 0. The summed E-state index contributed by atoms with van der Waals surface area (Å²) in [5, 5.41) is 3.07. The normalized spacial score (nSPS) is 21.0. The number of nitrogens with zero attached hydrogens (tertiary/aromatic N) is 1. The molecule has 1 unspecified atom stereocenters. The first-order chi connectivity index (χ1) is 6.96. The molecule has 1 heterocycles. The Kier molecular flexibility index (Phi) is 9.70. The van der Waals surface area contributed by atoms with E-state index in [4.69, 9.17) is 0 Å². The second-order valence-corrected chi connectivity index (χ2v) is 4.16. The van der Waals surface area contributed by atoms with Gasteiger partial charge in [-0.2, -0.15) is 13.2 Å². The first-order valence-electron chi connectivity index (χ1n) is 5.48. The van der Waals surface area contributed by atoms with Crippen LogP contribution in [0.3, 0.4) is 0 Å². The van der Waals surface area contributed by atoms with Crippen LogP contribution in [0.15, 0.2) is 0 Å². The molecule has 7 heteroatoms. The van der Waals surface area contributed by atoms with Gasteiger partial charge in [0.15, 0.2) is 0 Å². The summed E-state index contributed by atoms with van der Waals surface area (Å²) >= 11 is 0. The molecule has 0 aromatic carbocycles. The molecule has 0 saturated carbocycles. The zero-order valence-corrected chi connectivity index (χ0v) is 11.7. The molecule has 1 aliphatic heterocycles. The number of nitrogens with one attached hydrogen (secondary N) is 1. The highest BCUT2D eigenvalue weighted by Crippen LogP contribution is 2.31. The Hall–Kier alpha value is 0.290. The second kappa shape index (κ2) is 8.40. The third kappa shape index (κ3) is 5.64. The molecule has 0 aliphatic carbocycles. The van der Waals surface area contributed by atoms with Crippen molar-refractivity contribution < 1.29 is 13.2 Å². The van der Waals surface area contributed by atoms with Gasteiger partial charge in [0.05, 0.1) is 0 Å². The number of piperazine rings is 1. The molecule has 1 saturated heterocycles. The van der Waals surface area contributed by atoms with Gasteiger partial charge in [0.2, 0.25) is 0 Å². The lowest BCUT2D eigenvalue weighted by molar-refractivity contribution is -0.198. The van der Waals surface area contributed by atoms with E-state index in [0.717, 1.165) is 0 Å². The highest BCUT2D eigenvalue weighted by atomic mass is 35.5. The molecule has 17 heavy (non-hydrogen) atoms. The topological polar surface area (TPSA) is 15.3 Å². The van der Waals surface area contributed by atoms with Crippen LogP contribution in [0.5, 0.6) is 0 Å². The predicted octanol–water partition coefficient (Wildman–Crippen LogP) is 2.71. The van der Waals surface area contributed by atoms with Crippen molar-refractivity contribution in [2.45, 2.75) is 32.5 Å². The highest BCUT2D eigenvalue weighted by molar-refractivity contribution is 5.85. The van der Waals surface area contributed by atoms with Crippen molar-refractivity contribution in [1.29, 1.82) is 0 Å². The Morgan fingerprint density at radius 2 is 1.65 bits per heavy atom. The number of hydrogen-bond donors (Lipinski definition) is 1. The molecule has 2 atom stereocenters. The quantitative estimate of drug-likeness (QED) is 0.861. The lowest BCUT2D eigenvalue weighted by Gasteiger charge is -2.38. The number of alkyl halides is 3. The minimum Gasteiger partial charge on any atom is -0.314 e. The number of hydrogen-bond acceptors (Lipinski definition) is 2. The largest absolute Gasteiger partial charge is 0.404 e. The average molecular weight is 297 g/mol. The molecule has 0 aromatic heterocycles. The number of rotatable bonds is 3. The highest BCUT2D eigenvalue weighted by Gasteiger charge is 2.46. The molecule has 2 nitrogen and oxygen atoms in total. The molecule has 1 fully saturated rings. The van der Waals surface area contributed by atoms with E-state index >= 15 is 0 Å². The van der Waals surface area contributed by atoms with Crippen molar-refractivity contribution in [1.82, 2.24) is 10.2 Å². The van der Waals surface area contributed by atoms with Crippen LogP contribution in [0, 0.1) is 5.92 Å². The van der Waals surface area contributed by atoms with Crippen molar-refractivity contribution in [3.8, 4) is 0 Å². The van der Waals surface area contributed by atoms with Gasteiger partial charge in [-0.15, -0.1) is 24.8 Å². The fourth-order valence-electron chi connectivity index (χ4n) is 2.07. The summed E-state index contributed by atoms with van der Waals surface area (Å²) in [6.07, 6.45) is -3.54. The van der Waals surface area contributed by atoms with Gasteiger partial charge < -0.3 is 5.32 Å². The third-order valence-electron chi connectivity index (χ3n) is 3.06. The molecular formula is C10H21Cl2F3N2. The van der Waals surface area contributed by atoms with Crippen molar-refractivity contribution in [2.24, 2.45) is 5.92 Å². The lowest BCUT2D eigenvalue weighted by Crippen LogP contribution is -2.56. The van der Waals surface area contributed by atoms with Crippen molar-refractivity contribution in [2.75, 3.05) is 26.2 Å². The van der Waals surface area contributed by atoms with Crippen LogP contribution in [0.25, 0.3) is 0 Å². The maximum absolute atomic E-state index is 12.9. The van der Waals surface area contributed by atoms with Gasteiger partial charge in [-0.05, 0) is 5.92 Å². The van der Waals surface area contributed by atoms with Crippen LogP contribution in [0.4, 0.5) is 13.2 Å². The fraction of sp³-hybridized carbons (Fsp3) is 1.00. The first kappa shape index (κ1) is 19.6. The van der Waals surface area contributed by atoms with Crippen LogP contribution in [-0.4, -0.2) is 43.3 Å². The minimum atomic E-state index is -4.10. The molecule has 0 aromatic rings. The van der Waals surface area contributed by atoms with E-state index in [1.807, 2.05) is 6.92 Å². The van der Waals surface area contributed by atoms with Gasteiger partial charge >= 0.3 is 6.18 Å². The summed E-state index contributed by atoms with van der Waals surface area (Å²) in [6, 6.07) is -1.27. The molecule has 0 amide bonds. The van der Waals surface area contributed by atoms with Gasteiger partial charge in [-0.1, -0.05) is 20.3 Å². The molecule has 1 aliphatic rings. The van der Waals surface area contributed by atoms with E-state index < -0.39 is 12.2 Å². The molecule has 1 rings (SSSR count). The number of halogens is 5. The molecule has 106 valence electrons. The summed E-state index contributed by atoms with van der Waals surface area (Å²) in [5.74, 6) is -0.330. The summed E-state index contributed by atoms with van der Waals surface area (Å²) < 4.78 is 38.6. The van der Waals surface area contributed by atoms with E-state index in [1.54, 1.807) is 11.8 Å². The molecular weight excluding hydrogens is 276 g/mol. The average Bonchev–Trinajstić information content (AvgIpc) is 2.17. The Morgan fingerprint density at radius 1 is 1.18 bits per heavy atom. The van der Waals surface area contributed by atoms with Crippen LogP contribution < -0.4 is 5.32 Å². The Bertz CT molecular complexity index is 196. The summed E-state index contributed by atoms with van der Waals surface area (Å²) in [6.45, 7) is 5.79. The fourth-order valence-corrected chi connectivity index (χ4v) is 2.07. The smallest absolute Gasteiger partial charge is 0.314 e. The summed E-state index contributed by atoms with van der Waals surface area (Å²) in [4.78, 5) is 1.56. The predicted molar refractivity (Wildman–Crippen MR) is 68.2 cm³/mol. The van der Waals surface area contributed by atoms with Crippen molar-refractivity contribution in [3.63, 3.8) is 0 Å². The molecule has 0 spiro atoms. The standard InChI is InChI=1S/C10H19F3N2.2ClH/c1-3-8(2)9(10(11,12)13)15-6-4-14-5-7-15;;/h8-9,14H,3-7H2,1-2H3;2*1H/t8?,9-;;/m0../s1. The Balaban J connectivity index is 0. The van der Waals surface area contributed by atoms with Crippen LogP contribution >= 0.6 is 24.8 Å². The van der Waals surface area contributed by atoms with Gasteiger partial charge in [-0.3, -0.25) is 4.90 Å². The zero-order valence-electron chi connectivity index (χ0n) is 10.1. The van der Waals surface area contributed by atoms with Gasteiger partial charge in [-0.25, -0.2) is 0 Å². The Morgan fingerprint density at radius 3 is 2.00 bits per heavy atom.